The highest BCUT2D eigenvalue weighted by Gasteiger charge is 2.24. The molecule has 1 aliphatic rings. The standard InChI is InChI=1S/C20H22N4O3S2/c1-15-14-28-20(21-15)18-11-17(29(26,27)22-16-7-3-2-4-8-16)12-24(18)13-19(25)23-9-5-6-10-23/h2-4,7-8,11-12,14,22H,5-6,9-10,13H2,1H3. The highest BCUT2D eigenvalue weighted by Crippen LogP contribution is 2.29. The quantitative estimate of drug-likeness (QED) is 0.650. The first-order chi connectivity index (χ1) is 13.9. The van der Waals surface area contributed by atoms with Crippen molar-refractivity contribution < 1.29 is 13.2 Å². The summed E-state index contributed by atoms with van der Waals surface area (Å²) in [5.41, 5.74) is 1.97. The lowest BCUT2D eigenvalue weighted by molar-refractivity contribution is -0.130. The molecule has 152 valence electrons. The smallest absolute Gasteiger partial charge is 0.263 e. The summed E-state index contributed by atoms with van der Waals surface area (Å²) >= 11 is 1.43. The predicted molar refractivity (Wildman–Crippen MR) is 113 cm³/mol. The molecule has 0 bridgehead atoms. The summed E-state index contributed by atoms with van der Waals surface area (Å²) < 4.78 is 30.1. The van der Waals surface area contributed by atoms with Crippen LogP contribution in [0.5, 0.6) is 0 Å². The molecule has 3 heterocycles. The number of aromatic nitrogens is 2. The molecule has 9 heteroatoms. The first-order valence-electron chi connectivity index (χ1n) is 9.41. The molecule has 7 nitrogen and oxygen atoms in total. The molecule has 2 aromatic heterocycles. The molecule has 0 unspecified atom stereocenters. The molecule has 1 aromatic carbocycles. The van der Waals surface area contributed by atoms with Crippen molar-refractivity contribution in [3.05, 3.63) is 53.7 Å². The lowest BCUT2D eigenvalue weighted by Crippen LogP contribution is -2.31. The fourth-order valence-corrected chi connectivity index (χ4v) is 5.27. The van der Waals surface area contributed by atoms with Gasteiger partial charge in [0.05, 0.1) is 5.69 Å². The fourth-order valence-electron chi connectivity index (χ4n) is 3.34. The van der Waals surface area contributed by atoms with Gasteiger partial charge in [-0.05, 0) is 38.0 Å². The van der Waals surface area contributed by atoms with Crippen LogP contribution in [0.1, 0.15) is 18.5 Å². The number of nitrogens with one attached hydrogen (secondary N) is 1. The number of hydrogen-bond acceptors (Lipinski definition) is 5. The summed E-state index contributed by atoms with van der Waals surface area (Å²) in [6.07, 6.45) is 3.54. The molecule has 1 aliphatic heterocycles. The van der Waals surface area contributed by atoms with E-state index in [0.29, 0.717) is 16.4 Å². The lowest BCUT2D eigenvalue weighted by atomic mass is 10.3. The third kappa shape index (κ3) is 4.35. The van der Waals surface area contributed by atoms with Crippen molar-refractivity contribution in [3.8, 4) is 10.7 Å². The second-order valence-electron chi connectivity index (χ2n) is 7.04. The maximum atomic E-state index is 12.9. The zero-order chi connectivity index (χ0) is 20.4. The summed E-state index contributed by atoms with van der Waals surface area (Å²) in [6, 6.07) is 10.3. The molecule has 0 radical (unpaired) electrons. The summed E-state index contributed by atoms with van der Waals surface area (Å²) in [5.74, 6) is -0.00686. The molecule has 1 N–H and O–H groups in total. The van der Waals surface area contributed by atoms with Crippen molar-refractivity contribution in [2.24, 2.45) is 0 Å². The average molecular weight is 431 g/mol. The van der Waals surface area contributed by atoms with Gasteiger partial charge in [0.1, 0.15) is 16.4 Å². The third-order valence-electron chi connectivity index (χ3n) is 4.81. The molecule has 0 saturated carbocycles. The van der Waals surface area contributed by atoms with Gasteiger partial charge in [-0.2, -0.15) is 0 Å². The number of sulfonamides is 1. The van der Waals surface area contributed by atoms with Crippen molar-refractivity contribution in [2.75, 3.05) is 17.8 Å². The largest absolute Gasteiger partial charge is 0.341 e. The van der Waals surface area contributed by atoms with Crippen molar-refractivity contribution in [3.63, 3.8) is 0 Å². The molecule has 1 saturated heterocycles. The Hall–Kier alpha value is -2.65. The van der Waals surface area contributed by atoms with Crippen molar-refractivity contribution >= 4 is 33.0 Å². The minimum Gasteiger partial charge on any atom is -0.341 e. The Morgan fingerprint density at radius 3 is 2.59 bits per heavy atom. The third-order valence-corrected chi connectivity index (χ3v) is 7.14. The van der Waals surface area contributed by atoms with E-state index >= 15 is 0 Å². The van der Waals surface area contributed by atoms with E-state index in [1.165, 1.54) is 17.5 Å². The van der Waals surface area contributed by atoms with Crippen LogP contribution in [0.2, 0.25) is 0 Å². The Morgan fingerprint density at radius 2 is 1.93 bits per heavy atom. The fraction of sp³-hybridized carbons (Fsp3) is 0.300. The molecule has 4 rings (SSSR count). The highest BCUT2D eigenvalue weighted by molar-refractivity contribution is 7.92. The second-order valence-corrected chi connectivity index (χ2v) is 9.58. The van der Waals surface area contributed by atoms with Gasteiger partial charge in [-0.3, -0.25) is 9.52 Å². The summed E-state index contributed by atoms with van der Waals surface area (Å²) in [5, 5.41) is 2.60. The topological polar surface area (TPSA) is 84.3 Å². The van der Waals surface area contributed by atoms with Gasteiger partial charge in [0.2, 0.25) is 5.91 Å². The van der Waals surface area contributed by atoms with Gasteiger partial charge in [0.25, 0.3) is 10.0 Å². The number of carbonyl (C=O) groups excluding carboxylic acids is 1. The maximum Gasteiger partial charge on any atom is 0.263 e. The number of para-hydroxylation sites is 1. The normalized spacial score (nSPS) is 14.3. The van der Waals surface area contributed by atoms with Gasteiger partial charge in [0.15, 0.2) is 0 Å². The molecule has 1 amide bonds. The number of likely N-dealkylation sites (tertiary alicyclic amines) is 1. The van der Waals surface area contributed by atoms with E-state index in [9.17, 15) is 13.2 Å². The number of rotatable bonds is 6. The van der Waals surface area contributed by atoms with E-state index in [2.05, 4.69) is 9.71 Å². The van der Waals surface area contributed by atoms with E-state index in [-0.39, 0.29) is 17.3 Å². The van der Waals surface area contributed by atoms with Crippen LogP contribution in [0, 0.1) is 6.92 Å². The van der Waals surface area contributed by atoms with E-state index in [0.717, 1.165) is 31.6 Å². The number of benzene rings is 1. The van der Waals surface area contributed by atoms with E-state index in [1.54, 1.807) is 34.9 Å². The predicted octanol–water partition coefficient (Wildman–Crippen LogP) is 3.34. The number of anilines is 1. The SMILES string of the molecule is Cc1csc(-c2cc(S(=O)(=O)Nc3ccccc3)cn2CC(=O)N2CCCC2)n1. The zero-order valence-electron chi connectivity index (χ0n) is 16.0. The molecular formula is C20H22N4O3S2. The number of thiazole rings is 1. The monoisotopic (exact) mass is 430 g/mol. The number of hydrogen-bond donors (Lipinski definition) is 1. The van der Waals surface area contributed by atoms with Gasteiger partial charge in [-0.15, -0.1) is 11.3 Å². The zero-order valence-corrected chi connectivity index (χ0v) is 17.7. The van der Waals surface area contributed by atoms with Crippen LogP contribution in [0.15, 0.2) is 52.9 Å². The second kappa shape index (κ2) is 8.00. The van der Waals surface area contributed by atoms with Crippen molar-refractivity contribution in [1.29, 1.82) is 0 Å². The van der Waals surface area contributed by atoms with Gasteiger partial charge in [-0.25, -0.2) is 13.4 Å². The van der Waals surface area contributed by atoms with Crippen LogP contribution < -0.4 is 4.72 Å². The maximum absolute atomic E-state index is 12.9. The summed E-state index contributed by atoms with van der Waals surface area (Å²) in [4.78, 5) is 19.1. The Morgan fingerprint density at radius 1 is 1.21 bits per heavy atom. The highest BCUT2D eigenvalue weighted by atomic mass is 32.2. The first-order valence-corrected chi connectivity index (χ1v) is 11.8. The van der Waals surface area contributed by atoms with Crippen LogP contribution in [0.3, 0.4) is 0 Å². The molecule has 0 atom stereocenters. The van der Waals surface area contributed by atoms with E-state index in [1.807, 2.05) is 23.3 Å². The summed E-state index contributed by atoms with van der Waals surface area (Å²) in [7, 11) is -3.79. The van der Waals surface area contributed by atoms with Crippen LogP contribution in [-0.2, 0) is 21.4 Å². The summed E-state index contributed by atoms with van der Waals surface area (Å²) in [6.45, 7) is 3.49. The Balaban J connectivity index is 1.68. The Bertz CT molecular complexity index is 1110. The molecular weight excluding hydrogens is 408 g/mol. The van der Waals surface area contributed by atoms with Crippen LogP contribution in [0.4, 0.5) is 5.69 Å². The van der Waals surface area contributed by atoms with E-state index in [4.69, 9.17) is 0 Å². The molecule has 1 fully saturated rings. The van der Waals surface area contributed by atoms with Gasteiger partial charge >= 0.3 is 0 Å². The number of aryl methyl sites for hydroxylation is 1. The van der Waals surface area contributed by atoms with Crippen molar-refractivity contribution in [1.82, 2.24) is 14.5 Å². The molecule has 3 aromatic rings. The Labute approximate surface area is 174 Å². The van der Waals surface area contributed by atoms with Crippen LogP contribution in [0.25, 0.3) is 10.7 Å². The molecule has 0 aliphatic carbocycles. The number of amides is 1. The van der Waals surface area contributed by atoms with Gasteiger partial charge in [0, 0.05) is 36.0 Å². The first kappa shape index (κ1) is 19.7. The Kier molecular flexibility index (Phi) is 5.42. The minimum atomic E-state index is -3.79. The molecule has 0 spiro atoms. The van der Waals surface area contributed by atoms with Gasteiger partial charge in [-0.1, -0.05) is 18.2 Å². The minimum absolute atomic E-state index is 0.00686. The van der Waals surface area contributed by atoms with E-state index < -0.39 is 10.0 Å². The van der Waals surface area contributed by atoms with Crippen LogP contribution >= 0.6 is 11.3 Å². The lowest BCUT2D eigenvalue weighted by Gasteiger charge is -2.16. The molecule has 29 heavy (non-hydrogen) atoms. The average Bonchev–Trinajstić information content (AvgIpc) is 3.42. The number of carbonyl (C=O) groups is 1. The van der Waals surface area contributed by atoms with Crippen LogP contribution in [-0.4, -0.2) is 41.9 Å². The van der Waals surface area contributed by atoms with Crippen molar-refractivity contribution in [2.45, 2.75) is 31.2 Å². The van der Waals surface area contributed by atoms with Gasteiger partial charge < -0.3 is 9.47 Å². The number of nitrogens with zero attached hydrogens (tertiary/aromatic N) is 3.